The monoisotopic (exact) mass is 530 g/mol. The molecule has 0 saturated carbocycles. The molecule has 0 aliphatic rings. The molecule has 0 N–H and O–H groups in total. The van der Waals surface area contributed by atoms with E-state index in [9.17, 15) is 0 Å². The second kappa shape index (κ2) is 10.4. The molecule has 8 aromatic carbocycles. The fraction of sp³-hybridized carbons (Fsp3) is 0. The van der Waals surface area contributed by atoms with Crippen molar-refractivity contribution in [2.75, 3.05) is 0 Å². The number of fused-ring (bicyclic) bond motifs is 4. The molecule has 42 heavy (non-hydrogen) atoms. The molecule has 0 amide bonds. The zero-order chi connectivity index (χ0) is 27.9. The fourth-order valence-corrected chi connectivity index (χ4v) is 7.14. The van der Waals surface area contributed by atoms with Gasteiger partial charge in [0, 0.05) is 0 Å². The van der Waals surface area contributed by atoms with E-state index < -0.39 is 0 Å². The molecule has 0 atom stereocenters. The summed E-state index contributed by atoms with van der Waals surface area (Å²) >= 11 is 0. The molecule has 0 aliphatic carbocycles. The standard InChI is InChI=1S/C40H28B2/c1-5-21-33-29(13-1)17-9-25-37(33)41(38-26-10-18-30-14-2-6-22-34(30)38)42(39-27-11-19-31-15-3-7-23-35(31)39)40-28-12-20-32-16-4-8-24-36(32)40/h1-28H. The molecular formula is C40H28B2. The molecule has 0 aliphatic heterocycles. The van der Waals surface area contributed by atoms with E-state index in [1.54, 1.807) is 0 Å². The van der Waals surface area contributed by atoms with Crippen molar-refractivity contribution in [3.8, 4) is 0 Å². The molecule has 8 rings (SSSR count). The first-order valence-electron chi connectivity index (χ1n) is 14.8. The van der Waals surface area contributed by atoms with Gasteiger partial charge in [-0.25, -0.2) is 0 Å². The van der Waals surface area contributed by atoms with Crippen LogP contribution in [0.2, 0.25) is 0 Å². The second-order valence-electron chi connectivity index (χ2n) is 11.2. The summed E-state index contributed by atoms with van der Waals surface area (Å²) in [5.41, 5.74) is 5.43. The Bertz CT molecular complexity index is 1890. The summed E-state index contributed by atoms with van der Waals surface area (Å²) in [7, 11) is 0. The zero-order valence-electron chi connectivity index (χ0n) is 23.3. The van der Waals surface area contributed by atoms with Crippen molar-refractivity contribution in [3.05, 3.63) is 170 Å². The minimum Gasteiger partial charge on any atom is -0.0737 e. The van der Waals surface area contributed by atoms with Gasteiger partial charge < -0.3 is 0 Å². The van der Waals surface area contributed by atoms with Gasteiger partial charge in [-0.2, -0.15) is 0 Å². The lowest BCUT2D eigenvalue weighted by Crippen LogP contribution is -2.65. The van der Waals surface area contributed by atoms with Crippen molar-refractivity contribution >= 4 is 78.1 Å². The Labute approximate surface area is 247 Å². The average molecular weight is 530 g/mol. The van der Waals surface area contributed by atoms with Crippen molar-refractivity contribution < 1.29 is 0 Å². The highest BCUT2D eigenvalue weighted by atomic mass is 14.1. The average Bonchev–Trinajstić information content (AvgIpc) is 3.06. The lowest BCUT2D eigenvalue weighted by Gasteiger charge is -2.28. The molecule has 0 fully saturated rings. The Balaban J connectivity index is 1.55. The Morgan fingerprint density at radius 1 is 0.214 bits per heavy atom. The predicted octanol–water partition coefficient (Wildman–Crippen LogP) is 7.30. The molecule has 0 heterocycles. The van der Waals surface area contributed by atoms with E-state index in [2.05, 4.69) is 170 Å². The summed E-state index contributed by atoms with van der Waals surface area (Å²) < 4.78 is 0. The fourth-order valence-electron chi connectivity index (χ4n) is 7.14. The van der Waals surface area contributed by atoms with Crippen LogP contribution in [0.15, 0.2) is 170 Å². The van der Waals surface area contributed by atoms with E-state index in [0.717, 1.165) is 0 Å². The van der Waals surface area contributed by atoms with Crippen molar-refractivity contribution in [1.29, 1.82) is 0 Å². The first-order valence-corrected chi connectivity index (χ1v) is 14.8. The van der Waals surface area contributed by atoms with E-state index in [0.29, 0.717) is 0 Å². The highest BCUT2D eigenvalue weighted by Crippen LogP contribution is 2.21. The molecule has 0 aromatic heterocycles. The van der Waals surface area contributed by atoms with Gasteiger partial charge in [-0.05, 0) is 43.1 Å². The van der Waals surface area contributed by atoms with Crippen molar-refractivity contribution in [2.24, 2.45) is 0 Å². The second-order valence-corrected chi connectivity index (χ2v) is 11.2. The van der Waals surface area contributed by atoms with Crippen LogP contribution in [0.1, 0.15) is 0 Å². The molecule has 194 valence electrons. The van der Waals surface area contributed by atoms with Gasteiger partial charge in [0.25, 0.3) is 0 Å². The van der Waals surface area contributed by atoms with Gasteiger partial charge in [-0.3, -0.25) is 0 Å². The third-order valence-corrected chi connectivity index (χ3v) is 8.97. The van der Waals surface area contributed by atoms with E-state index in [4.69, 9.17) is 0 Å². The zero-order valence-corrected chi connectivity index (χ0v) is 23.3. The lowest BCUT2D eigenvalue weighted by molar-refractivity contribution is 1.75. The van der Waals surface area contributed by atoms with Gasteiger partial charge in [-0.1, -0.05) is 192 Å². The highest BCUT2D eigenvalue weighted by molar-refractivity contribution is 7.43. The summed E-state index contributed by atoms with van der Waals surface area (Å²) in [5, 5.41) is 10.3. The maximum atomic E-state index is 2.36. The largest absolute Gasteiger partial charge is 0.193 e. The van der Waals surface area contributed by atoms with Gasteiger partial charge >= 0.3 is 0 Å². The van der Waals surface area contributed by atoms with Crippen LogP contribution in [0.4, 0.5) is 0 Å². The molecule has 2 heteroatoms. The highest BCUT2D eigenvalue weighted by Gasteiger charge is 2.38. The molecule has 8 aromatic rings. The maximum absolute atomic E-state index is 2.36. The van der Waals surface area contributed by atoms with Gasteiger partial charge in [0.2, 0.25) is 0 Å². The smallest absolute Gasteiger partial charge is 0.0737 e. The Kier molecular flexibility index (Phi) is 6.12. The summed E-state index contributed by atoms with van der Waals surface area (Å²) in [6, 6.07) is 62.8. The number of rotatable bonds is 5. The quantitative estimate of drug-likeness (QED) is 0.205. The SMILES string of the molecule is c1ccc2c(B(B(c3cccc4ccccc34)c3cccc4ccccc34)c3cccc4ccccc34)cccc2c1. The first kappa shape index (κ1) is 24.7. The topological polar surface area (TPSA) is 0 Å². The molecule has 0 radical (unpaired) electrons. The molecular weight excluding hydrogens is 502 g/mol. The van der Waals surface area contributed by atoms with Gasteiger partial charge in [0.05, 0.1) is 0 Å². The minimum atomic E-state index is 0.0683. The molecule has 0 nitrogen and oxygen atoms in total. The van der Waals surface area contributed by atoms with Crippen molar-refractivity contribution in [2.45, 2.75) is 0 Å². The van der Waals surface area contributed by atoms with Crippen LogP contribution in [0.25, 0.3) is 43.1 Å². The Morgan fingerprint density at radius 2 is 0.429 bits per heavy atom. The van der Waals surface area contributed by atoms with Crippen molar-refractivity contribution in [1.82, 2.24) is 0 Å². The minimum absolute atomic E-state index is 0.0683. The van der Waals surface area contributed by atoms with E-state index in [-0.39, 0.29) is 13.2 Å². The third kappa shape index (κ3) is 4.11. The summed E-state index contributed by atoms with van der Waals surface area (Å²) in [5.74, 6) is 0. The number of hydrogen-bond donors (Lipinski definition) is 0. The van der Waals surface area contributed by atoms with Crippen LogP contribution in [0.5, 0.6) is 0 Å². The van der Waals surface area contributed by atoms with Crippen molar-refractivity contribution in [3.63, 3.8) is 0 Å². The predicted molar refractivity (Wildman–Crippen MR) is 186 cm³/mol. The van der Waals surface area contributed by atoms with E-state index >= 15 is 0 Å². The normalized spacial score (nSPS) is 11.3. The van der Waals surface area contributed by atoms with Crippen LogP contribution < -0.4 is 21.9 Å². The van der Waals surface area contributed by atoms with Crippen LogP contribution in [0, 0.1) is 0 Å². The van der Waals surface area contributed by atoms with Crippen LogP contribution in [-0.2, 0) is 0 Å². The van der Waals surface area contributed by atoms with Gasteiger partial charge in [0.15, 0.2) is 13.2 Å². The van der Waals surface area contributed by atoms with Crippen LogP contribution in [-0.4, -0.2) is 13.2 Å². The maximum Gasteiger partial charge on any atom is 0.193 e. The summed E-state index contributed by atoms with van der Waals surface area (Å²) in [6.07, 6.45) is 0. The number of hydrogen-bond acceptors (Lipinski definition) is 0. The third-order valence-electron chi connectivity index (χ3n) is 8.97. The Hall–Kier alpha value is -5.07. The lowest BCUT2D eigenvalue weighted by atomic mass is 9.01. The number of benzene rings is 8. The molecule has 0 bridgehead atoms. The van der Waals surface area contributed by atoms with E-state index in [1.165, 1.54) is 64.9 Å². The molecule has 0 unspecified atom stereocenters. The van der Waals surface area contributed by atoms with E-state index in [1.807, 2.05) is 0 Å². The van der Waals surface area contributed by atoms with Gasteiger partial charge in [0.1, 0.15) is 0 Å². The first-order chi connectivity index (χ1) is 20.9. The molecule has 0 saturated heterocycles. The van der Waals surface area contributed by atoms with Crippen LogP contribution >= 0.6 is 0 Å². The summed E-state index contributed by atoms with van der Waals surface area (Å²) in [4.78, 5) is 0. The summed E-state index contributed by atoms with van der Waals surface area (Å²) in [6.45, 7) is 0.137. The Morgan fingerprint density at radius 3 is 0.690 bits per heavy atom. The van der Waals surface area contributed by atoms with Crippen LogP contribution in [0.3, 0.4) is 0 Å². The van der Waals surface area contributed by atoms with Gasteiger partial charge in [-0.15, -0.1) is 0 Å². The molecule has 0 spiro atoms.